The summed E-state index contributed by atoms with van der Waals surface area (Å²) in [4.78, 5) is 7.44. The first-order valence-electron chi connectivity index (χ1n) is 10.6. The summed E-state index contributed by atoms with van der Waals surface area (Å²) in [6.45, 7) is 4.46. The van der Waals surface area contributed by atoms with Crippen molar-refractivity contribution < 1.29 is 58.6 Å². The van der Waals surface area contributed by atoms with Crippen LogP contribution in [0.4, 0.5) is 0 Å². The zero-order chi connectivity index (χ0) is 20.7. The molecule has 157 valence electrons. The summed E-state index contributed by atoms with van der Waals surface area (Å²) in [7, 11) is 2.10. The number of amidine groups is 1. The van der Waals surface area contributed by atoms with Gasteiger partial charge in [0, 0.05) is 73.1 Å². The molecule has 4 heterocycles. The molecule has 0 saturated heterocycles. The van der Waals surface area contributed by atoms with E-state index >= 15 is 0 Å². The second-order valence-corrected chi connectivity index (χ2v) is 7.67. The molecule has 1 aromatic carbocycles. The van der Waals surface area contributed by atoms with E-state index < -0.39 is 0 Å². The van der Waals surface area contributed by atoms with Crippen LogP contribution in [0.2, 0.25) is 0 Å². The summed E-state index contributed by atoms with van der Waals surface area (Å²) in [6.07, 6.45) is 10.5. The minimum absolute atomic E-state index is 0. The first kappa shape index (κ1) is 22.3. The van der Waals surface area contributed by atoms with Crippen LogP contribution in [0, 0.1) is 55.4 Å². The SMILES string of the molecule is CC[C-]1[C@H](CC)N2C(c3cccc[n+]3C)=CC=CC2=C2N=C(c3ccccc3)N=[N+]21.[Eu]. The third-order valence-corrected chi connectivity index (χ3v) is 5.93. The van der Waals surface area contributed by atoms with Gasteiger partial charge in [-0.15, -0.1) is 4.99 Å². The van der Waals surface area contributed by atoms with Crippen LogP contribution in [-0.4, -0.2) is 21.5 Å². The van der Waals surface area contributed by atoms with Crippen LogP contribution in [0.3, 0.4) is 0 Å². The maximum Gasteiger partial charge on any atom is 0.287 e. The number of fused-ring (bicyclic) bond motifs is 2. The van der Waals surface area contributed by atoms with Gasteiger partial charge in [0.2, 0.25) is 11.5 Å². The zero-order valence-corrected chi connectivity index (χ0v) is 20.5. The number of azo groups is 2. The van der Waals surface area contributed by atoms with E-state index in [4.69, 9.17) is 10.1 Å². The Morgan fingerprint density at radius 1 is 1.06 bits per heavy atom. The van der Waals surface area contributed by atoms with Crippen LogP contribution in [-0.2, 0) is 7.05 Å². The van der Waals surface area contributed by atoms with E-state index in [0.717, 1.165) is 35.8 Å². The first-order valence-corrected chi connectivity index (χ1v) is 10.6. The summed E-state index contributed by atoms with van der Waals surface area (Å²) < 4.78 is 4.26. The van der Waals surface area contributed by atoms with E-state index in [1.165, 1.54) is 17.4 Å². The van der Waals surface area contributed by atoms with Crippen molar-refractivity contribution in [2.45, 2.75) is 32.7 Å². The smallest absolute Gasteiger partial charge is 0.287 e. The summed E-state index contributed by atoms with van der Waals surface area (Å²) >= 11 is 0. The van der Waals surface area contributed by atoms with E-state index in [1.54, 1.807) is 0 Å². The second-order valence-electron chi connectivity index (χ2n) is 7.67. The zero-order valence-electron chi connectivity index (χ0n) is 18.0. The maximum absolute atomic E-state index is 4.99. The minimum atomic E-state index is 0. The van der Waals surface area contributed by atoms with Crippen molar-refractivity contribution in [3.8, 4) is 0 Å². The molecule has 3 aliphatic rings. The van der Waals surface area contributed by atoms with Gasteiger partial charge in [0.05, 0.1) is 5.70 Å². The van der Waals surface area contributed by atoms with Crippen molar-refractivity contribution in [2.75, 3.05) is 0 Å². The quantitative estimate of drug-likeness (QED) is 0.408. The molecule has 0 N–H and O–H groups in total. The normalized spacial score (nSPS) is 19.3. The summed E-state index contributed by atoms with van der Waals surface area (Å²) in [5, 5.41) is 4.94. The molecule has 0 aliphatic carbocycles. The van der Waals surface area contributed by atoms with Gasteiger partial charge in [0.25, 0.3) is 5.84 Å². The summed E-state index contributed by atoms with van der Waals surface area (Å²) in [5.41, 5.74) is 4.53. The number of benzene rings is 1. The van der Waals surface area contributed by atoms with Crippen molar-refractivity contribution >= 4 is 11.5 Å². The number of aliphatic imine (C=N–C) groups is 1. The molecule has 0 saturated carbocycles. The topological polar surface area (TPSA) is 34.9 Å². The fourth-order valence-corrected chi connectivity index (χ4v) is 4.52. The van der Waals surface area contributed by atoms with E-state index in [2.05, 4.69) is 89.8 Å². The number of aromatic nitrogens is 1. The molecule has 0 bridgehead atoms. The van der Waals surface area contributed by atoms with E-state index in [0.29, 0.717) is 0 Å². The van der Waals surface area contributed by atoms with Crippen LogP contribution in [0.15, 0.2) is 94.6 Å². The standard InChI is InChI=1S/C25H26N5.Eu/c1-4-19-20(5-2)30-25(26-24(27-30)18-12-7-6-8-13-18)23-16-11-15-22(29(19)23)21-14-9-10-17-28(21)3;/h6-17,19H,4-5H2,1-3H3;/q+1;/t19-;/m0./s1. The molecule has 6 heteroatoms. The van der Waals surface area contributed by atoms with Gasteiger partial charge in [0.1, 0.15) is 12.7 Å². The van der Waals surface area contributed by atoms with Gasteiger partial charge in [-0.25, -0.2) is 0 Å². The molecule has 0 amide bonds. The molecule has 1 radical (unpaired) electrons. The Hall–Kier alpha value is -1.89. The predicted molar refractivity (Wildman–Crippen MR) is 117 cm³/mol. The largest absolute Gasteiger partial charge is 0.352 e. The number of nitrogens with zero attached hydrogens (tertiary/aromatic N) is 5. The van der Waals surface area contributed by atoms with Gasteiger partial charge in [-0.1, -0.05) is 49.7 Å². The number of allylic oxidation sites excluding steroid dienone is 3. The molecule has 1 atom stereocenters. The molecule has 0 unspecified atom stereocenters. The molecule has 5 nitrogen and oxygen atoms in total. The molecule has 2 aromatic rings. The Morgan fingerprint density at radius 2 is 1.84 bits per heavy atom. The Labute approximate surface area is 224 Å². The molecule has 5 rings (SSSR count). The molecule has 31 heavy (non-hydrogen) atoms. The summed E-state index contributed by atoms with van der Waals surface area (Å²) in [6, 6.07) is 18.1. The second kappa shape index (κ2) is 9.31. The monoisotopic (exact) mass is 549 g/mol. The average molecular weight is 548 g/mol. The van der Waals surface area contributed by atoms with Crippen LogP contribution in [0.25, 0.3) is 5.70 Å². The minimum Gasteiger partial charge on any atom is -0.352 e. The number of aryl methyl sites for hydroxylation is 1. The van der Waals surface area contributed by atoms with Gasteiger partial charge in [-0.05, 0) is 42.8 Å². The molecule has 0 spiro atoms. The van der Waals surface area contributed by atoms with Gasteiger partial charge in [-0.2, -0.15) is 4.57 Å². The Balaban J connectivity index is 0.00000231. The van der Waals surface area contributed by atoms with Crippen LogP contribution in [0.5, 0.6) is 0 Å². The predicted octanol–water partition coefficient (Wildman–Crippen LogP) is 4.55. The third-order valence-electron chi connectivity index (χ3n) is 5.93. The van der Waals surface area contributed by atoms with E-state index in [1.807, 2.05) is 18.2 Å². The number of rotatable bonds is 4. The molecule has 1 aromatic heterocycles. The number of hydrogen-bond donors (Lipinski definition) is 0. The molecular formula is C25H26EuN5+. The van der Waals surface area contributed by atoms with Crippen molar-refractivity contribution in [3.63, 3.8) is 0 Å². The molecule has 3 aliphatic heterocycles. The van der Waals surface area contributed by atoms with Gasteiger partial charge in [-0.3, -0.25) is 4.70 Å². The van der Waals surface area contributed by atoms with Crippen LogP contribution < -0.4 is 4.57 Å². The van der Waals surface area contributed by atoms with Crippen molar-refractivity contribution in [3.05, 3.63) is 102 Å². The van der Waals surface area contributed by atoms with Gasteiger partial charge >= 0.3 is 0 Å². The molecular weight excluding hydrogens is 522 g/mol. The third kappa shape index (κ3) is 3.79. The average Bonchev–Trinajstić information content (AvgIpc) is 3.24. The molecule has 0 fully saturated rings. The van der Waals surface area contributed by atoms with Crippen LogP contribution >= 0.6 is 0 Å². The van der Waals surface area contributed by atoms with Gasteiger partial charge in [0.15, 0.2) is 6.20 Å². The van der Waals surface area contributed by atoms with Gasteiger partial charge < -0.3 is 4.90 Å². The fraction of sp³-hybridized carbons (Fsp3) is 0.240. The van der Waals surface area contributed by atoms with E-state index in [9.17, 15) is 0 Å². The number of pyridine rings is 1. The first-order chi connectivity index (χ1) is 14.7. The number of hydrogen-bond acceptors (Lipinski definition) is 3. The van der Waals surface area contributed by atoms with Crippen LogP contribution in [0.1, 0.15) is 37.9 Å². The summed E-state index contributed by atoms with van der Waals surface area (Å²) in [5.74, 6) is 1.69. The Bertz CT molecular complexity index is 1140. The van der Waals surface area contributed by atoms with E-state index in [-0.39, 0.29) is 55.4 Å². The van der Waals surface area contributed by atoms with Crippen molar-refractivity contribution in [1.82, 2.24) is 4.90 Å². The Morgan fingerprint density at radius 3 is 2.55 bits per heavy atom. The van der Waals surface area contributed by atoms with Crippen molar-refractivity contribution in [2.24, 2.45) is 17.2 Å². The maximum atomic E-state index is 4.99. The van der Waals surface area contributed by atoms with Crippen molar-refractivity contribution in [1.29, 1.82) is 0 Å². The Kier molecular flexibility index (Phi) is 6.70. The fourth-order valence-electron chi connectivity index (χ4n) is 4.52.